The van der Waals surface area contributed by atoms with E-state index in [0.29, 0.717) is 17.7 Å². The second-order valence-corrected chi connectivity index (χ2v) is 6.44. The van der Waals surface area contributed by atoms with Crippen molar-refractivity contribution in [1.29, 1.82) is 0 Å². The van der Waals surface area contributed by atoms with Crippen molar-refractivity contribution >= 4 is 11.0 Å². The lowest BCUT2D eigenvalue weighted by Gasteiger charge is -2.07. The van der Waals surface area contributed by atoms with Gasteiger partial charge in [-0.25, -0.2) is 4.98 Å². The monoisotopic (exact) mass is 397 g/mol. The fourth-order valence-electron chi connectivity index (χ4n) is 3.08. The third kappa shape index (κ3) is 4.06. The largest absolute Gasteiger partial charge is 0.496 e. The number of nitrogens with zero attached hydrogens (tertiary/aromatic N) is 3. The van der Waals surface area contributed by atoms with Crippen LogP contribution in [0.5, 0.6) is 5.75 Å². The number of aromatic nitrogens is 4. The van der Waals surface area contributed by atoms with Crippen LogP contribution in [0.25, 0.3) is 11.0 Å². The summed E-state index contributed by atoms with van der Waals surface area (Å²) in [5.74, 6) is 0.749. The maximum atomic E-state index is 12.6. The SMILES string of the molecule is COc1ccnc2[nH]cc(Cc3ccc([CH]c4ccc(C(F)(F)F)nc4)nc3)c12. The molecule has 147 valence electrons. The van der Waals surface area contributed by atoms with Crippen LogP contribution in [0, 0.1) is 6.42 Å². The summed E-state index contributed by atoms with van der Waals surface area (Å²) >= 11 is 0. The Bertz CT molecular complexity index is 1120. The number of ether oxygens (including phenoxy) is 1. The van der Waals surface area contributed by atoms with Gasteiger partial charge in [0.1, 0.15) is 17.1 Å². The molecule has 4 aromatic heterocycles. The van der Waals surface area contributed by atoms with Crippen LogP contribution in [-0.4, -0.2) is 27.0 Å². The van der Waals surface area contributed by atoms with Gasteiger partial charge in [-0.15, -0.1) is 0 Å². The van der Waals surface area contributed by atoms with E-state index in [-0.39, 0.29) is 0 Å². The molecule has 4 rings (SSSR count). The molecular formula is C21H16F3N4O. The van der Waals surface area contributed by atoms with E-state index in [1.807, 2.05) is 24.4 Å². The fourth-order valence-corrected chi connectivity index (χ4v) is 3.08. The second-order valence-electron chi connectivity index (χ2n) is 6.44. The van der Waals surface area contributed by atoms with Crippen LogP contribution in [0.15, 0.2) is 55.1 Å². The van der Waals surface area contributed by atoms with Crippen molar-refractivity contribution in [3.05, 3.63) is 89.6 Å². The Labute approximate surface area is 164 Å². The molecule has 0 saturated carbocycles. The zero-order valence-corrected chi connectivity index (χ0v) is 15.4. The number of fused-ring (bicyclic) bond motifs is 1. The Morgan fingerprint density at radius 1 is 1.03 bits per heavy atom. The fraction of sp³-hybridized carbons (Fsp3) is 0.143. The van der Waals surface area contributed by atoms with Crippen molar-refractivity contribution < 1.29 is 17.9 Å². The summed E-state index contributed by atoms with van der Waals surface area (Å²) in [6, 6.07) is 7.89. The summed E-state index contributed by atoms with van der Waals surface area (Å²) in [6.45, 7) is 0. The van der Waals surface area contributed by atoms with Gasteiger partial charge in [0.25, 0.3) is 0 Å². The third-order valence-electron chi connectivity index (χ3n) is 4.47. The quantitative estimate of drug-likeness (QED) is 0.536. The van der Waals surface area contributed by atoms with E-state index >= 15 is 0 Å². The van der Waals surface area contributed by atoms with Crippen LogP contribution in [0.1, 0.15) is 28.1 Å². The first-order chi connectivity index (χ1) is 13.9. The Kier molecular flexibility index (Phi) is 4.92. The molecule has 0 atom stereocenters. The molecule has 5 nitrogen and oxygen atoms in total. The molecule has 29 heavy (non-hydrogen) atoms. The van der Waals surface area contributed by atoms with Gasteiger partial charge in [-0.2, -0.15) is 13.2 Å². The van der Waals surface area contributed by atoms with Gasteiger partial charge in [0.2, 0.25) is 0 Å². The van der Waals surface area contributed by atoms with Gasteiger partial charge in [-0.1, -0.05) is 12.1 Å². The second kappa shape index (κ2) is 7.54. The molecule has 0 spiro atoms. The molecule has 1 N–H and O–H groups in total. The highest BCUT2D eigenvalue weighted by atomic mass is 19.4. The average molecular weight is 397 g/mol. The lowest BCUT2D eigenvalue weighted by molar-refractivity contribution is -0.141. The van der Waals surface area contributed by atoms with Crippen molar-refractivity contribution in [2.45, 2.75) is 12.6 Å². The molecule has 0 aliphatic rings. The summed E-state index contributed by atoms with van der Waals surface area (Å²) in [4.78, 5) is 15.3. The number of halogens is 3. The number of hydrogen-bond donors (Lipinski definition) is 1. The summed E-state index contributed by atoms with van der Waals surface area (Å²) in [5.41, 5.74) is 3.04. The van der Waals surface area contributed by atoms with Crippen molar-refractivity contribution in [3.8, 4) is 5.75 Å². The van der Waals surface area contributed by atoms with Gasteiger partial charge in [0.05, 0.1) is 12.5 Å². The number of pyridine rings is 3. The Morgan fingerprint density at radius 2 is 1.90 bits per heavy atom. The summed E-state index contributed by atoms with van der Waals surface area (Å²) < 4.78 is 43.2. The van der Waals surface area contributed by atoms with Crippen molar-refractivity contribution in [2.75, 3.05) is 7.11 Å². The standard InChI is InChI=1S/C21H16F3N4O/c1-29-17-6-7-25-20-19(17)15(12-28-20)8-13-2-4-16(26-10-13)9-14-3-5-18(27-11-14)21(22,23)24/h2-7,9-12H,8H2,1H3,(H,25,28). The number of hydrogen-bond acceptors (Lipinski definition) is 4. The minimum Gasteiger partial charge on any atom is -0.496 e. The molecule has 8 heteroatoms. The van der Waals surface area contributed by atoms with Crippen molar-refractivity contribution in [2.24, 2.45) is 0 Å². The van der Waals surface area contributed by atoms with Crippen LogP contribution in [0.3, 0.4) is 0 Å². The van der Waals surface area contributed by atoms with Crippen LogP contribution in [-0.2, 0) is 12.6 Å². The molecule has 0 aromatic carbocycles. The van der Waals surface area contributed by atoms with Gasteiger partial charge in [-0.3, -0.25) is 9.97 Å². The van der Waals surface area contributed by atoms with E-state index in [1.54, 1.807) is 25.9 Å². The van der Waals surface area contributed by atoms with E-state index in [0.717, 1.165) is 34.0 Å². The zero-order chi connectivity index (χ0) is 20.4. The van der Waals surface area contributed by atoms with E-state index < -0.39 is 11.9 Å². The summed E-state index contributed by atoms with van der Waals surface area (Å²) in [7, 11) is 1.62. The topological polar surface area (TPSA) is 63.7 Å². The molecule has 0 saturated heterocycles. The maximum Gasteiger partial charge on any atom is 0.433 e. The zero-order valence-electron chi connectivity index (χ0n) is 15.4. The van der Waals surface area contributed by atoms with Gasteiger partial charge in [-0.05, 0) is 34.9 Å². The molecule has 1 radical (unpaired) electrons. The van der Waals surface area contributed by atoms with E-state index in [2.05, 4.69) is 19.9 Å². The van der Waals surface area contributed by atoms with E-state index in [9.17, 15) is 13.2 Å². The number of H-pyrrole nitrogens is 1. The molecule has 0 aliphatic carbocycles. The molecule has 0 bridgehead atoms. The minimum absolute atomic E-state index is 0.547. The first kappa shape index (κ1) is 18.9. The van der Waals surface area contributed by atoms with Gasteiger partial charge in [0.15, 0.2) is 0 Å². The number of rotatable bonds is 5. The Balaban J connectivity index is 1.49. The number of alkyl halides is 3. The molecule has 0 unspecified atom stereocenters. The Morgan fingerprint density at radius 3 is 2.55 bits per heavy atom. The van der Waals surface area contributed by atoms with Crippen LogP contribution in [0.4, 0.5) is 13.2 Å². The summed E-state index contributed by atoms with van der Waals surface area (Å²) in [5, 5.41) is 0.932. The Hall–Kier alpha value is -3.42. The lowest BCUT2D eigenvalue weighted by atomic mass is 10.0. The maximum absolute atomic E-state index is 12.6. The number of aromatic amines is 1. The normalized spacial score (nSPS) is 11.7. The third-order valence-corrected chi connectivity index (χ3v) is 4.47. The van der Waals surface area contributed by atoms with Crippen molar-refractivity contribution in [3.63, 3.8) is 0 Å². The average Bonchev–Trinajstić information content (AvgIpc) is 3.12. The molecule has 0 aliphatic heterocycles. The first-order valence-electron chi connectivity index (χ1n) is 8.76. The predicted octanol–water partition coefficient (Wildman–Crippen LogP) is 4.57. The minimum atomic E-state index is -4.45. The van der Waals surface area contributed by atoms with Gasteiger partial charge in [0, 0.05) is 43.3 Å². The molecule has 4 aromatic rings. The van der Waals surface area contributed by atoms with Crippen LogP contribution in [0.2, 0.25) is 0 Å². The number of methoxy groups -OCH3 is 1. The molecular weight excluding hydrogens is 381 g/mol. The van der Waals surface area contributed by atoms with Gasteiger partial charge >= 0.3 is 6.18 Å². The molecule has 0 amide bonds. The highest BCUT2D eigenvalue weighted by Crippen LogP contribution is 2.29. The van der Waals surface area contributed by atoms with E-state index in [4.69, 9.17) is 4.74 Å². The van der Waals surface area contributed by atoms with Crippen LogP contribution < -0.4 is 4.74 Å². The van der Waals surface area contributed by atoms with Gasteiger partial charge < -0.3 is 9.72 Å². The van der Waals surface area contributed by atoms with E-state index in [1.165, 1.54) is 12.3 Å². The first-order valence-corrected chi connectivity index (χ1v) is 8.76. The highest BCUT2D eigenvalue weighted by Gasteiger charge is 2.32. The smallest absolute Gasteiger partial charge is 0.433 e. The summed E-state index contributed by atoms with van der Waals surface area (Å²) in [6.07, 6.45) is 4.37. The number of nitrogens with one attached hydrogen (secondary N) is 1. The lowest BCUT2D eigenvalue weighted by Crippen LogP contribution is -2.07. The van der Waals surface area contributed by atoms with Crippen LogP contribution >= 0.6 is 0 Å². The predicted molar refractivity (Wildman–Crippen MR) is 101 cm³/mol. The van der Waals surface area contributed by atoms with Crippen molar-refractivity contribution in [1.82, 2.24) is 19.9 Å². The molecule has 4 heterocycles. The highest BCUT2D eigenvalue weighted by molar-refractivity contribution is 5.86. The molecule has 0 fully saturated rings.